The molecule has 0 aliphatic heterocycles. The van der Waals surface area contributed by atoms with Crippen LogP contribution in [-0.2, 0) is 0 Å². The molecule has 6 heteroatoms. The summed E-state index contributed by atoms with van der Waals surface area (Å²) in [6.45, 7) is 0. The lowest BCUT2D eigenvalue weighted by Gasteiger charge is -1.93. The average Bonchev–Trinajstić information content (AvgIpc) is 3.17. The van der Waals surface area contributed by atoms with Gasteiger partial charge >= 0.3 is 5.88 Å². The van der Waals surface area contributed by atoms with Crippen molar-refractivity contribution in [2.24, 2.45) is 4.99 Å². The first-order chi connectivity index (χ1) is 11.2. The summed E-state index contributed by atoms with van der Waals surface area (Å²) < 4.78 is 10.8. The Morgan fingerprint density at radius 1 is 0.957 bits per heavy atom. The van der Waals surface area contributed by atoms with Gasteiger partial charge in [-0.1, -0.05) is 18.2 Å². The van der Waals surface area contributed by atoms with Crippen LogP contribution in [0.25, 0.3) is 21.9 Å². The van der Waals surface area contributed by atoms with Crippen LogP contribution < -0.4 is 0 Å². The predicted octanol–water partition coefficient (Wildman–Crippen LogP) is 4.84. The van der Waals surface area contributed by atoms with E-state index in [-0.39, 0.29) is 5.88 Å². The van der Waals surface area contributed by atoms with E-state index in [1.807, 2.05) is 42.5 Å². The summed E-state index contributed by atoms with van der Waals surface area (Å²) in [5, 5.41) is 12.7. The number of nitro groups is 1. The predicted molar refractivity (Wildman–Crippen MR) is 86.3 cm³/mol. The molecule has 6 nitrogen and oxygen atoms in total. The van der Waals surface area contributed by atoms with Crippen LogP contribution in [0, 0.1) is 10.1 Å². The van der Waals surface area contributed by atoms with E-state index in [1.54, 1.807) is 0 Å². The Morgan fingerprint density at radius 3 is 2.61 bits per heavy atom. The van der Waals surface area contributed by atoms with Crippen LogP contribution in [0.4, 0.5) is 11.6 Å². The quantitative estimate of drug-likeness (QED) is 0.308. The van der Waals surface area contributed by atoms with Gasteiger partial charge in [-0.05, 0) is 24.3 Å². The molecule has 2 aromatic carbocycles. The zero-order valence-electron chi connectivity index (χ0n) is 11.8. The molecule has 0 fully saturated rings. The Hall–Kier alpha value is -3.41. The highest BCUT2D eigenvalue weighted by atomic mass is 16.6. The number of hydrogen-bond acceptors (Lipinski definition) is 5. The molecule has 4 aromatic rings. The molecule has 0 N–H and O–H groups in total. The van der Waals surface area contributed by atoms with Gasteiger partial charge in [0.1, 0.15) is 16.1 Å². The molecule has 0 saturated carbocycles. The van der Waals surface area contributed by atoms with Gasteiger partial charge in [0.2, 0.25) is 0 Å². The number of aliphatic imine (C=N–C) groups is 1. The summed E-state index contributed by atoms with van der Waals surface area (Å²) in [5.74, 6) is 0.0144. The maximum Gasteiger partial charge on any atom is 0.433 e. The Bertz CT molecular complexity index is 1060. The Morgan fingerprint density at radius 2 is 1.78 bits per heavy atom. The largest absolute Gasteiger partial charge is 0.456 e. The van der Waals surface area contributed by atoms with Crippen molar-refractivity contribution in [1.82, 2.24) is 0 Å². The Balaban J connectivity index is 1.69. The second-order valence-electron chi connectivity index (χ2n) is 4.97. The van der Waals surface area contributed by atoms with Crippen LogP contribution in [0.2, 0.25) is 0 Å². The van der Waals surface area contributed by atoms with E-state index in [1.165, 1.54) is 18.3 Å². The third kappa shape index (κ3) is 2.36. The Kier molecular flexibility index (Phi) is 2.94. The summed E-state index contributed by atoms with van der Waals surface area (Å²) in [6.07, 6.45) is 1.44. The monoisotopic (exact) mass is 306 g/mol. The molecule has 0 saturated heterocycles. The van der Waals surface area contributed by atoms with Crippen LogP contribution in [-0.4, -0.2) is 11.1 Å². The molecule has 0 spiro atoms. The standard InChI is InChI=1S/C17H10N2O4/c20-19(21)17-8-6-12(22-17)10-18-11-5-7-14-13-3-1-2-4-15(13)23-16(14)9-11/h1-10H. The zero-order valence-corrected chi connectivity index (χ0v) is 11.8. The lowest BCUT2D eigenvalue weighted by atomic mass is 10.1. The van der Waals surface area contributed by atoms with Crippen LogP contribution in [0.5, 0.6) is 0 Å². The van der Waals surface area contributed by atoms with Gasteiger partial charge in [-0.15, -0.1) is 0 Å². The van der Waals surface area contributed by atoms with Crippen LogP contribution in [0.1, 0.15) is 5.76 Å². The SMILES string of the molecule is O=[N+]([O-])c1ccc(C=Nc2ccc3c(c2)oc2ccccc23)o1. The summed E-state index contributed by atoms with van der Waals surface area (Å²) in [6, 6.07) is 16.2. The van der Waals surface area contributed by atoms with Gasteiger partial charge in [0.15, 0.2) is 5.76 Å². The van der Waals surface area contributed by atoms with Crippen LogP contribution in [0.15, 0.2) is 68.4 Å². The number of para-hydroxylation sites is 1. The molecule has 0 unspecified atom stereocenters. The summed E-state index contributed by atoms with van der Waals surface area (Å²) in [7, 11) is 0. The normalized spacial score (nSPS) is 11.7. The zero-order chi connectivity index (χ0) is 15.8. The maximum atomic E-state index is 10.6. The lowest BCUT2D eigenvalue weighted by molar-refractivity contribution is -0.402. The highest BCUT2D eigenvalue weighted by molar-refractivity contribution is 6.05. The number of rotatable bonds is 3. The molecule has 0 aliphatic carbocycles. The minimum Gasteiger partial charge on any atom is -0.456 e. The molecule has 0 atom stereocenters. The van der Waals surface area contributed by atoms with E-state index in [4.69, 9.17) is 8.83 Å². The minimum absolute atomic E-state index is 0.306. The van der Waals surface area contributed by atoms with Gasteiger partial charge in [0, 0.05) is 16.8 Å². The molecule has 0 amide bonds. The summed E-state index contributed by atoms with van der Waals surface area (Å²) in [5.41, 5.74) is 2.24. The van der Waals surface area contributed by atoms with Gasteiger partial charge in [-0.3, -0.25) is 15.1 Å². The molecule has 2 aromatic heterocycles. The molecule has 23 heavy (non-hydrogen) atoms. The van der Waals surface area contributed by atoms with Crippen molar-refractivity contribution in [2.75, 3.05) is 0 Å². The van der Waals surface area contributed by atoms with Crippen molar-refractivity contribution in [2.45, 2.75) is 0 Å². The average molecular weight is 306 g/mol. The first kappa shape index (κ1) is 13.3. The fourth-order valence-corrected chi connectivity index (χ4v) is 2.44. The molecule has 0 bridgehead atoms. The molecule has 112 valence electrons. The second kappa shape index (κ2) is 5.10. The van der Waals surface area contributed by atoms with Crippen molar-refractivity contribution < 1.29 is 13.8 Å². The highest BCUT2D eigenvalue weighted by Crippen LogP contribution is 2.31. The Labute approximate surface area is 129 Å². The van der Waals surface area contributed by atoms with Crippen molar-refractivity contribution >= 4 is 39.7 Å². The topological polar surface area (TPSA) is 81.8 Å². The van der Waals surface area contributed by atoms with Gasteiger partial charge < -0.3 is 8.83 Å². The first-order valence-corrected chi connectivity index (χ1v) is 6.90. The highest BCUT2D eigenvalue weighted by Gasteiger charge is 2.10. The van der Waals surface area contributed by atoms with E-state index in [9.17, 15) is 10.1 Å². The van der Waals surface area contributed by atoms with Crippen molar-refractivity contribution in [3.05, 3.63) is 70.5 Å². The fraction of sp³-hybridized carbons (Fsp3) is 0. The van der Waals surface area contributed by atoms with Crippen molar-refractivity contribution in [3.63, 3.8) is 0 Å². The summed E-state index contributed by atoms with van der Waals surface area (Å²) in [4.78, 5) is 14.3. The fourth-order valence-electron chi connectivity index (χ4n) is 2.44. The smallest absolute Gasteiger partial charge is 0.433 e. The number of hydrogen-bond donors (Lipinski definition) is 0. The van der Waals surface area contributed by atoms with Crippen LogP contribution >= 0.6 is 0 Å². The molecule has 0 radical (unpaired) electrons. The van der Waals surface area contributed by atoms with Gasteiger partial charge in [-0.25, -0.2) is 0 Å². The van der Waals surface area contributed by atoms with E-state index < -0.39 is 4.92 Å². The van der Waals surface area contributed by atoms with Crippen molar-refractivity contribution in [3.8, 4) is 0 Å². The molecular formula is C17H10N2O4. The number of nitrogens with zero attached hydrogens (tertiary/aromatic N) is 2. The molecule has 2 heterocycles. The van der Waals surface area contributed by atoms with E-state index in [0.717, 1.165) is 21.9 Å². The number of benzene rings is 2. The maximum absolute atomic E-state index is 10.6. The number of fused-ring (bicyclic) bond motifs is 3. The van der Waals surface area contributed by atoms with Crippen LogP contribution in [0.3, 0.4) is 0 Å². The number of furan rings is 2. The second-order valence-corrected chi connectivity index (χ2v) is 4.97. The van der Waals surface area contributed by atoms with E-state index >= 15 is 0 Å². The minimum atomic E-state index is -0.586. The van der Waals surface area contributed by atoms with E-state index in [2.05, 4.69) is 4.99 Å². The van der Waals surface area contributed by atoms with E-state index in [0.29, 0.717) is 11.4 Å². The lowest BCUT2D eigenvalue weighted by Crippen LogP contribution is -1.83. The van der Waals surface area contributed by atoms with Gasteiger partial charge in [0.25, 0.3) is 0 Å². The first-order valence-electron chi connectivity index (χ1n) is 6.90. The molecular weight excluding hydrogens is 296 g/mol. The molecule has 0 aliphatic rings. The molecule has 4 rings (SSSR count). The summed E-state index contributed by atoms with van der Waals surface area (Å²) >= 11 is 0. The van der Waals surface area contributed by atoms with Gasteiger partial charge in [-0.2, -0.15) is 0 Å². The third-order valence-electron chi connectivity index (χ3n) is 3.50. The van der Waals surface area contributed by atoms with Crippen molar-refractivity contribution in [1.29, 1.82) is 0 Å². The third-order valence-corrected chi connectivity index (χ3v) is 3.50. The van der Waals surface area contributed by atoms with Gasteiger partial charge in [0.05, 0.1) is 18.0 Å².